The molecule has 0 aliphatic carbocycles. The van der Waals surface area contributed by atoms with Crippen molar-refractivity contribution in [1.29, 1.82) is 0 Å². The smallest absolute Gasteiger partial charge is 0.323 e. The summed E-state index contributed by atoms with van der Waals surface area (Å²) in [6.07, 6.45) is 0. The number of imide groups is 1. The summed E-state index contributed by atoms with van der Waals surface area (Å²) in [6.45, 7) is 0. The third-order valence-corrected chi connectivity index (χ3v) is 7.16. The SMILES string of the molecule is COC(=O)[C@@H]1NC(c2ccccc2)(c2ccccc2)[C@@H]2C(=O)N(c3ccc(Cl)cc3Cl)C(=O)[C@@H]21. The van der Waals surface area contributed by atoms with Gasteiger partial charge in [0, 0.05) is 5.02 Å². The molecular weight excluding hydrogens is 475 g/mol. The molecule has 0 unspecified atom stereocenters. The number of esters is 1. The first-order valence-electron chi connectivity index (χ1n) is 10.7. The molecule has 2 amide bonds. The fourth-order valence-corrected chi connectivity index (χ4v) is 5.73. The number of benzene rings is 3. The number of hydrogen-bond donors (Lipinski definition) is 1. The second-order valence-corrected chi connectivity index (χ2v) is 9.14. The summed E-state index contributed by atoms with van der Waals surface area (Å²) in [4.78, 5) is 41.8. The normalized spacial score (nSPS) is 23.1. The number of halogens is 2. The van der Waals surface area contributed by atoms with Crippen LogP contribution in [0.3, 0.4) is 0 Å². The van der Waals surface area contributed by atoms with E-state index in [4.69, 9.17) is 27.9 Å². The van der Waals surface area contributed by atoms with E-state index in [1.54, 1.807) is 6.07 Å². The van der Waals surface area contributed by atoms with Crippen LogP contribution in [-0.4, -0.2) is 30.9 Å². The van der Waals surface area contributed by atoms with Gasteiger partial charge in [-0.25, -0.2) is 4.90 Å². The highest BCUT2D eigenvalue weighted by molar-refractivity contribution is 6.38. The van der Waals surface area contributed by atoms with E-state index in [1.807, 2.05) is 60.7 Å². The Morgan fingerprint density at radius 2 is 1.50 bits per heavy atom. The summed E-state index contributed by atoms with van der Waals surface area (Å²) in [5.74, 6) is -3.50. The maximum absolute atomic E-state index is 14.1. The lowest BCUT2D eigenvalue weighted by molar-refractivity contribution is -0.145. The minimum Gasteiger partial charge on any atom is -0.468 e. The Labute approximate surface area is 206 Å². The van der Waals surface area contributed by atoms with Crippen LogP contribution in [0.4, 0.5) is 5.69 Å². The minimum atomic E-state index is -1.15. The zero-order valence-corrected chi connectivity index (χ0v) is 19.6. The fourth-order valence-electron chi connectivity index (χ4n) is 5.23. The van der Waals surface area contributed by atoms with Crippen LogP contribution in [0.25, 0.3) is 0 Å². The number of ether oxygens (including phenoxy) is 1. The predicted octanol–water partition coefficient (Wildman–Crippen LogP) is 4.19. The maximum Gasteiger partial charge on any atom is 0.323 e. The first-order chi connectivity index (χ1) is 16.4. The molecule has 5 rings (SSSR count). The van der Waals surface area contributed by atoms with Crippen molar-refractivity contribution in [2.75, 3.05) is 12.0 Å². The zero-order chi connectivity index (χ0) is 24.0. The molecule has 3 atom stereocenters. The number of nitrogens with one attached hydrogen (secondary N) is 1. The molecule has 1 N–H and O–H groups in total. The van der Waals surface area contributed by atoms with Gasteiger partial charge in [-0.05, 0) is 29.3 Å². The van der Waals surface area contributed by atoms with Crippen LogP contribution in [0.5, 0.6) is 0 Å². The van der Waals surface area contributed by atoms with Crippen LogP contribution in [0.1, 0.15) is 11.1 Å². The highest BCUT2D eigenvalue weighted by Crippen LogP contribution is 2.53. The number of carbonyl (C=O) groups excluding carboxylic acids is 3. The molecule has 2 aliphatic rings. The Morgan fingerprint density at radius 1 is 0.912 bits per heavy atom. The molecule has 3 aromatic carbocycles. The molecular formula is C26H20Cl2N2O4. The van der Waals surface area contributed by atoms with Crippen molar-refractivity contribution in [1.82, 2.24) is 5.32 Å². The standard InChI is InChI=1S/C26H20Cl2N2O4/c1-34-25(33)22-20-21(24(32)30(23(20)31)19-13-12-17(27)14-18(19)28)26(29-22,15-8-4-2-5-9-15)16-10-6-3-7-11-16/h2-14,20-22,29H,1H3/t20-,21-,22+/m0/s1. The van der Waals surface area contributed by atoms with Gasteiger partial charge in [-0.3, -0.25) is 19.7 Å². The Kier molecular flexibility index (Phi) is 5.68. The van der Waals surface area contributed by atoms with Gasteiger partial charge in [-0.2, -0.15) is 0 Å². The number of hydrogen-bond acceptors (Lipinski definition) is 5. The second-order valence-electron chi connectivity index (χ2n) is 8.30. The first-order valence-corrected chi connectivity index (χ1v) is 11.4. The lowest BCUT2D eigenvalue weighted by Gasteiger charge is -2.36. The van der Waals surface area contributed by atoms with E-state index in [2.05, 4.69) is 5.32 Å². The minimum absolute atomic E-state index is 0.168. The van der Waals surface area contributed by atoms with Gasteiger partial charge in [-0.1, -0.05) is 83.9 Å². The molecule has 172 valence electrons. The number of anilines is 1. The number of nitrogens with zero attached hydrogens (tertiary/aromatic N) is 1. The molecule has 2 heterocycles. The fraction of sp³-hybridized carbons (Fsp3) is 0.192. The van der Waals surface area contributed by atoms with Crippen molar-refractivity contribution in [3.8, 4) is 0 Å². The van der Waals surface area contributed by atoms with E-state index in [9.17, 15) is 14.4 Å². The van der Waals surface area contributed by atoms with E-state index >= 15 is 0 Å². The van der Waals surface area contributed by atoms with Crippen LogP contribution >= 0.6 is 23.2 Å². The van der Waals surface area contributed by atoms with Crippen LogP contribution in [0.15, 0.2) is 78.9 Å². The van der Waals surface area contributed by atoms with Crippen molar-refractivity contribution in [2.45, 2.75) is 11.6 Å². The van der Waals surface area contributed by atoms with Crippen LogP contribution in [0, 0.1) is 11.8 Å². The van der Waals surface area contributed by atoms with Crippen molar-refractivity contribution in [3.05, 3.63) is 100 Å². The van der Waals surface area contributed by atoms with Gasteiger partial charge in [0.1, 0.15) is 6.04 Å². The van der Waals surface area contributed by atoms with Gasteiger partial charge in [0.05, 0.1) is 35.2 Å². The topological polar surface area (TPSA) is 75.7 Å². The summed E-state index contributed by atoms with van der Waals surface area (Å²) in [7, 11) is 1.26. The van der Waals surface area contributed by atoms with Gasteiger partial charge in [0.25, 0.3) is 0 Å². The Hall–Kier alpha value is -3.19. The molecule has 2 aliphatic heterocycles. The van der Waals surface area contributed by atoms with Gasteiger partial charge in [0.2, 0.25) is 11.8 Å². The summed E-state index contributed by atoms with van der Waals surface area (Å²) in [5, 5.41) is 3.90. The highest BCUT2D eigenvalue weighted by Gasteiger charge is 2.68. The molecule has 0 aromatic heterocycles. The Morgan fingerprint density at radius 3 is 2.03 bits per heavy atom. The van der Waals surface area contributed by atoms with E-state index in [0.717, 1.165) is 16.0 Å². The lowest BCUT2D eigenvalue weighted by Crippen LogP contribution is -2.51. The number of rotatable bonds is 4. The van der Waals surface area contributed by atoms with Crippen molar-refractivity contribution in [2.24, 2.45) is 11.8 Å². The average molecular weight is 495 g/mol. The summed E-state index contributed by atoms with van der Waals surface area (Å²) in [6, 6.07) is 22.2. The number of methoxy groups -OCH3 is 1. The lowest BCUT2D eigenvalue weighted by atomic mass is 9.72. The van der Waals surface area contributed by atoms with Crippen LogP contribution in [0.2, 0.25) is 10.0 Å². The molecule has 2 saturated heterocycles. The molecule has 2 fully saturated rings. The molecule has 0 saturated carbocycles. The molecule has 6 nitrogen and oxygen atoms in total. The molecule has 0 radical (unpaired) electrons. The van der Waals surface area contributed by atoms with Crippen molar-refractivity contribution < 1.29 is 19.1 Å². The summed E-state index contributed by atoms with van der Waals surface area (Å²) >= 11 is 12.4. The van der Waals surface area contributed by atoms with Gasteiger partial charge in [0.15, 0.2) is 0 Å². The number of fused-ring (bicyclic) bond motifs is 1. The quantitative estimate of drug-likeness (QED) is 0.434. The molecule has 34 heavy (non-hydrogen) atoms. The number of carbonyl (C=O) groups is 3. The number of amides is 2. The third kappa shape index (κ3) is 3.25. The Bertz CT molecular complexity index is 1240. The Balaban J connectivity index is 1.76. The van der Waals surface area contributed by atoms with E-state index in [-0.39, 0.29) is 10.7 Å². The monoisotopic (exact) mass is 494 g/mol. The molecule has 0 spiro atoms. The van der Waals surface area contributed by atoms with Gasteiger partial charge in [-0.15, -0.1) is 0 Å². The third-order valence-electron chi connectivity index (χ3n) is 6.62. The van der Waals surface area contributed by atoms with Crippen LogP contribution < -0.4 is 10.2 Å². The molecule has 3 aromatic rings. The first kappa shape index (κ1) is 22.6. The van der Waals surface area contributed by atoms with Crippen LogP contribution in [-0.2, 0) is 24.7 Å². The highest BCUT2D eigenvalue weighted by atomic mass is 35.5. The van der Waals surface area contributed by atoms with Crippen molar-refractivity contribution in [3.63, 3.8) is 0 Å². The van der Waals surface area contributed by atoms with E-state index in [0.29, 0.717) is 5.02 Å². The maximum atomic E-state index is 14.1. The molecule has 8 heteroatoms. The van der Waals surface area contributed by atoms with Gasteiger partial charge >= 0.3 is 5.97 Å². The molecule has 0 bridgehead atoms. The summed E-state index contributed by atoms with van der Waals surface area (Å²) in [5.41, 5.74) is 0.599. The zero-order valence-electron chi connectivity index (χ0n) is 18.1. The largest absolute Gasteiger partial charge is 0.468 e. The average Bonchev–Trinajstić information content (AvgIpc) is 3.35. The van der Waals surface area contributed by atoms with Gasteiger partial charge < -0.3 is 4.74 Å². The van der Waals surface area contributed by atoms with E-state index < -0.39 is 41.2 Å². The second kappa shape index (κ2) is 8.55. The van der Waals surface area contributed by atoms with E-state index in [1.165, 1.54) is 19.2 Å². The summed E-state index contributed by atoms with van der Waals surface area (Å²) < 4.78 is 5.04. The predicted molar refractivity (Wildman–Crippen MR) is 129 cm³/mol. The van der Waals surface area contributed by atoms with Crippen molar-refractivity contribution >= 4 is 46.7 Å².